The van der Waals surface area contributed by atoms with Gasteiger partial charge < -0.3 is 4.90 Å². The number of aromatic nitrogens is 6. The quantitative estimate of drug-likeness (QED) is 0.548. The summed E-state index contributed by atoms with van der Waals surface area (Å²) in [4.78, 5) is 23.9. The Balaban J connectivity index is 1.48. The van der Waals surface area contributed by atoms with Crippen LogP contribution in [0, 0.1) is 0 Å². The van der Waals surface area contributed by atoms with E-state index in [1.54, 1.807) is 29.2 Å². The van der Waals surface area contributed by atoms with Crippen LogP contribution in [-0.2, 0) is 6.54 Å². The molecule has 5 rings (SSSR count). The van der Waals surface area contributed by atoms with Crippen LogP contribution in [0.4, 0.5) is 0 Å². The van der Waals surface area contributed by atoms with E-state index in [-0.39, 0.29) is 11.9 Å². The van der Waals surface area contributed by atoms with E-state index in [4.69, 9.17) is 4.98 Å². The minimum atomic E-state index is -0.185. The van der Waals surface area contributed by atoms with Crippen LogP contribution in [0.3, 0.4) is 0 Å². The Morgan fingerprint density at radius 3 is 2.85 bits per heavy atom. The van der Waals surface area contributed by atoms with Crippen LogP contribution in [0.1, 0.15) is 29.1 Å². The molecule has 1 atom stereocenters. The Bertz CT molecular complexity index is 1130. The monoisotopic (exact) mass is 359 g/mol. The molecule has 0 bridgehead atoms. The minimum Gasteiger partial charge on any atom is -0.327 e. The average Bonchev–Trinajstić information content (AvgIpc) is 3.33. The normalized spacial score (nSPS) is 16.5. The second-order valence-corrected chi connectivity index (χ2v) is 6.50. The van der Waals surface area contributed by atoms with Gasteiger partial charge in [-0.3, -0.25) is 4.79 Å². The lowest BCUT2D eigenvalue weighted by atomic mass is 10.1. The lowest BCUT2D eigenvalue weighted by Gasteiger charge is -2.32. The maximum Gasteiger partial charge on any atom is 0.260 e. The van der Waals surface area contributed by atoms with Crippen LogP contribution >= 0.6 is 0 Å². The van der Waals surface area contributed by atoms with Crippen molar-refractivity contribution in [1.29, 1.82) is 0 Å². The van der Waals surface area contributed by atoms with E-state index in [1.807, 2.05) is 46.8 Å². The molecule has 1 aliphatic heterocycles. The second-order valence-electron chi connectivity index (χ2n) is 6.50. The van der Waals surface area contributed by atoms with Crippen LogP contribution in [-0.4, -0.2) is 46.7 Å². The van der Waals surface area contributed by atoms with Gasteiger partial charge in [-0.15, -0.1) is 0 Å². The SMILES string of the molecule is C[C@H]1c2nc(-c3ccccc3)nn2CCN1C(=O)c1cnn2cccnc12. The highest BCUT2D eigenvalue weighted by molar-refractivity contribution is 5.99. The molecule has 0 radical (unpaired) electrons. The van der Waals surface area contributed by atoms with E-state index in [0.29, 0.717) is 30.1 Å². The summed E-state index contributed by atoms with van der Waals surface area (Å²) in [6.45, 7) is 3.15. The third-order valence-electron chi connectivity index (χ3n) is 4.90. The Hall–Kier alpha value is -3.55. The largest absolute Gasteiger partial charge is 0.327 e. The number of nitrogens with zero attached hydrogens (tertiary/aromatic N) is 7. The minimum absolute atomic E-state index is 0.0910. The lowest BCUT2D eigenvalue weighted by Crippen LogP contribution is -2.41. The maximum atomic E-state index is 13.1. The number of fused-ring (bicyclic) bond motifs is 2. The first kappa shape index (κ1) is 15.7. The van der Waals surface area contributed by atoms with Crippen LogP contribution in [0.25, 0.3) is 17.0 Å². The molecule has 1 aromatic carbocycles. The third-order valence-corrected chi connectivity index (χ3v) is 4.90. The summed E-state index contributed by atoms with van der Waals surface area (Å²) < 4.78 is 3.50. The molecule has 0 spiro atoms. The first-order valence-electron chi connectivity index (χ1n) is 8.82. The maximum absolute atomic E-state index is 13.1. The Labute approximate surface area is 155 Å². The predicted octanol–water partition coefficient (Wildman–Crippen LogP) is 2.20. The van der Waals surface area contributed by atoms with E-state index < -0.39 is 0 Å². The summed E-state index contributed by atoms with van der Waals surface area (Å²) in [5.41, 5.74) is 2.03. The zero-order valence-electron chi connectivity index (χ0n) is 14.7. The number of benzene rings is 1. The van der Waals surface area contributed by atoms with Gasteiger partial charge in [0.2, 0.25) is 0 Å². The number of amides is 1. The van der Waals surface area contributed by atoms with Crippen LogP contribution in [0.2, 0.25) is 0 Å². The molecule has 4 aromatic rings. The molecule has 4 heterocycles. The highest BCUT2D eigenvalue weighted by atomic mass is 16.2. The van der Waals surface area contributed by atoms with E-state index in [2.05, 4.69) is 15.2 Å². The van der Waals surface area contributed by atoms with Crippen LogP contribution in [0.15, 0.2) is 55.0 Å². The van der Waals surface area contributed by atoms with E-state index in [9.17, 15) is 4.79 Å². The van der Waals surface area contributed by atoms with Crippen molar-refractivity contribution in [3.63, 3.8) is 0 Å². The number of carbonyl (C=O) groups is 1. The smallest absolute Gasteiger partial charge is 0.260 e. The lowest BCUT2D eigenvalue weighted by molar-refractivity contribution is 0.0632. The Kier molecular flexibility index (Phi) is 3.49. The van der Waals surface area contributed by atoms with Gasteiger partial charge in [0.25, 0.3) is 5.91 Å². The van der Waals surface area contributed by atoms with Crippen LogP contribution in [0.5, 0.6) is 0 Å². The second kappa shape index (κ2) is 6.01. The predicted molar refractivity (Wildman–Crippen MR) is 97.9 cm³/mol. The van der Waals surface area contributed by atoms with Gasteiger partial charge in [0.1, 0.15) is 11.4 Å². The summed E-state index contributed by atoms with van der Waals surface area (Å²) in [5.74, 6) is 1.38. The number of rotatable bonds is 2. The van der Waals surface area contributed by atoms with Gasteiger partial charge in [0, 0.05) is 24.5 Å². The molecule has 1 amide bonds. The van der Waals surface area contributed by atoms with Gasteiger partial charge in [-0.1, -0.05) is 30.3 Å². The Morgan fingerprint density at radius 2 is 2.00 bits per heavy atom. The van der Waals surface area contributed by atoms with E-state index in [0.717, 1.165) is 11.4 Å². The van der Waals surface area contributed by atoms with Crippen molar-refractivity contribution in [2.75, 3.05) is 6.54 Å². The fourth-order valence-electron chi connectivity index (χ4n) is 3.48. The van der Waals surface area contributed by atoms with Crippen molar-refractivity contribution in [1.82, 2.24) is 34.3 Å². The highest BCUT2D eigenvalue weighted by Crippen LogP contribution is 2.28. The summed E-state index contributed by atoms with van der Waals surface area (Å²) in [5, 5.41) is 8.84. The molecular weight excluding hydrogens is 342 g/mol. The molecule has 27 heavy (non-hydrogen) atoms. The van der Waals surface area contributed by atoms with Crippen molar-refractivity contribution in [2.24, 2.45) is 0 Å². The molecule has 134 valence electrons. The average molecular weight is 359 g/mol. The van der Waals surface area contributed by atoms with Gasteiger partial charge in [-0.05, 0) is 13.0 Å². The summed E-state index contributed by atoms with van der Waals surface area (Å²) >= 11 is 0. The van der Waals surface area contributed by atoms with Gasteiger partial charge in [-0.2, -0.15) is 10.2 Å². The third kappa shape index (κ3) is 2.49. The van der Waals surface area contributed by atoms with Gasteiger partial charge in [0.05, 0.1) is 18.8 Å². The fourth-order valence-corrected chi connectivity index (χ4v) is 3.48. The molecule has 0 saturated heterocycles. The first-order valence-corrected chi connectivity index (χ1v) is 8.82. The molecule has 0 N–H and O–H groups in total. The molecule has 3 aromatic heterocycles. The summed E-state index contributed by atoms with van der Waals surface area (Å²) in [7, 11) is 0. The molecule has 1 aliphatic rings. The van der Waals surface area contributed by atoms with Crippen molar-refractivity contribution >= 4 is 11.6 Å². The van der Waals surface area contributed by atoms with Gasteiger partial charge in [-0.25, -0.2) is 19.2 Å². The molecular formula is C19H17N7O. The van der Waals surface area contributed by atoms with Crippen LogP contribution < -0.4 is 0 Å². The Morgan fingerprint density at radius 1 is 1.15 bits per heavy atom. The highest BCUT2D eigenvalue weighted by Gasteiger charge is 2.32. The number of hydrogen-bond donors (Lipinski definition) is 0. The van der Waals surface area contributed by atoms with Crippen molar-refractivity contribution in [2.45, 2.75) is 19.5 Å². The number of hydrogen-bond acceptors (Lipinski definition) is 5. The molecule has 8 heteroatoms. The molecule has 0 saturated carbocycles. The zero-order chi connectivity index (χ0) is 18.4. The number of carbonyl (C=O) groups excluding carboxylic acids is 1. The van der Waals surface area contributed by atoms with Crippen molar-refractivity contribution < 1.29 is 4.79 Å². The van der Waals surface area contributed by atoms with E-state index >= 15 is 0 Å². The molecule has 0 aliphatic carbocycles. The zero-order valence-corrected chi connectivity index (χ0v) is 14.7. The first-order chi connectivity index (χ1) is 13.2. The molecule has 8 nitrogen and oxygen atoms in total. The van der Waals surface area contributed by atoms with Crippen molar-refractivity contribution in [3.05, 3.63) is 66.4 Å². The van der Waals surface area contributed by atoms with Gasteiger partial charge >= 0.3 is 0 Å². The fraction of sp³-hybridized carbons (Fsp3) is 0.211. The standard InChI is InChI=1S/C19H17N7O/c1-13-17-22-16(14-6-3-2-4-7-14)23-26(17)11-10-24(13)19(27)15-12-21-25-9-5-8-20-18(15)25/h2-9,12-13H,10-11H2,1H3/t13-/m0/s1. The topological polar surface area (TPSA) is 81.2 Å². The molecule has 0 unspecified atom stereocenters. The summed E-state index contributed by atoms with van der Waals surface area (Å²) in [6.07, 6.45) is 5.02. The van der Waals surface area contributed by atoms with E-state index in [1.165, 1.54) is 0 Å². The van der Waals surface area contributed by atoms with Gasteiger partial charge in [0.15, 0.2) is 11.5 Å². The molecule has 0 fully saturated rings. The summed E-state index contributed by atoms with van der Waals surface area (Å²) in [6, 6.07) is 11.5. The van der Waals surface area contributed by atoms with Crippen molar-refractivity contribution in [3.8, 4) is 11.4 Å².